The largest absolute Gasteiger partial charge is 0.383 e. The van der Waals surface area contributed by atoms with Crippen LogP contribution >= 0.6 is 11.6 Å². The molecule has 0 saturated carbocycles. The van der Waals surface area contributed by atoms with Gasteiger partial charge in [-0.05, 0) is 18.2 Å². The van der Waals surface area contributed by atoms with Crippen LogP contribution in [0.1, 0.15) is 12.5 Å². The van der Waals surface area contributed by atoms with E-state index in [1.807, 2.05) is 6.07 Å². The van der Waals surface area contributed by atoms with E-state index in [0.717, 1.165) is 0 Å². The zero-order valence-electron chi connectivity index (χ0n) is 8.83. The van der Waals surface area contributed by atoms with E-state index in [1.54, 1.807) is 25.1 Å². The quantitative estimate of drug-likeness (QED) is 0.837. The Hall–Kier alpha value is -1.73. The number of carbonyl (C=O) groups is 1. The van der Waals surface area contributed by atoms with Crippen LogP contribution < -0.4 is 11.1 Å². The molecule has 0 aliphatic carbocycles. The third-order valence-corrected chi connectivity index (χ3v) is 2.42. The van der Waals surface area contributed by atoms with Gasteiger partial charge in [0.05, 0.1) is 17.2 Å². The first-order valence-electron chi connectivity index (χ1n) is 4.77. The Kier molecular flexibility index (Phi) is 4.15. The minimum absolute atomic E-state index is 0.300. The maximum absolute atomic E-state index is 10.8. The van der Waals surface area contributed by atoms with Crippen molar-refractivity contribution in [2.45, 2.75) is 6.92 Å². The van der Waals surface area contributed by atoms with Crippen molar-refractivity contribution < 1.29 is 4.79 Å². The third-order valence-electron chi connectivity index (χ3n) is 2.19. The second kappa shape index (κ2) is 5.38. The summed E-state index contributed by atoms with van der Waals surface area (Å²) in [5.41, 5.74) is 6.23. The molecule has 0 aliphatic heterocycles. The Morgan fingerprint density at radius 2 is 2.38 bits per heavy atom. The summed E-state index contributed by atoms with van der Waals surface area (Å²) in [6, 6.07) is 6.95. The Balaban J connectivity index is 2.77. The summed E-state index contributed by atoms with van der Waals surface area (Å²) in [6.45, 7) is 2.09. The van der Waals surface area contributed by atoms with Gasteiger partial charge in [-0.15, -0.1) is 0 Å². The molecule has 0 aliphatic rings. The number of anilines is 1. The number of halogens is 1. The van der Waals surface area contributed by atoms with Crippen LogP contribution in [0.4, 0.5) is 5.69 Å². The fraction of sp³-hybridized carbons (Fsp3) is 0.273. The molecule has 1 aromatic rings. The standard InChI is InChI=1S/C11H12ClN3O/c1-7(11(14)16)6-15-10-4-9(12)3-2-8(10)5-13/h2-4,7,15H,6H2,1H3,(H2,14,16). The molecule has 16 heavy (non-hydrogen) atoms. The molecule has 1 amide bonds. The van der Waals surface area contributed by atoms with Crippen molar-refractivity contribution in [3.05, 3.63) is 28.8 Å². The first-order chi connectivity index (χ1) is 7.54. The van der Waals surface area contributed by atoms with Crippen molar-refractivity contribution in [2.24, 2.45) is 11.7 Å². The van der Waals surface area contributed by atoms with Crippen LogP contribution in [-0.4, -0.2) is 12.5 Å². The predicted molar refractivity (Wildman–Crippen MR) is 63.0 cm³/mol. The van der Waals surface area contributed by atoms with Gasteiger partial charge in [-0.3, -0.25) is 4.79 Å². The minimum atomic E-state index is -0.381. The second-order valence-electron chi connectivity index (χ2n) is 3.49. The molecule has 0 spiro atoms. The zero-order valence-corrected chi connectivity index (χ0v) is 9.58. The van der Waals surface area contributed by atoms with Gasteiger partial charge in [0.2, 0.25) is 5.91 Å². The summed E-state index contributed by atoms with van der Waals surface area (Å²) in [5.74, 6) is -0.682. The molecule has 84 valence electrons. The number of amides is 1. The highest BCUT2D eigenvalue weighted by molar-refractivity contribution is 6.30. The van der Waals surface area contributed by atoms with Crippen molar-refractivity contribution in [3.63, 3.8) is 0 Å². The maximum Gasteiger partial charge on any atom is 0.222 e. The number of benzene rings is 1. The van der Waals surface area contributed by atoms with Crippen LogP contribution in [0.3, 0.4) is 0 Å². The van der Waals surface area contributed by atoms with E-state index >= 15 is 0 Å². The van der Waals surface area contributed by atoms with E-state index in [2.05, 4.69) is 5.32 Å². The molecule has 1 aromatic carbocycles. The van der Waals surface area contributed by atoms with Crippen molar-refractivity contribution >= 4 is 23.2 Å². The lowest BCUT2D eigenvalue weighted by atomic mass is 10.1. The van der Waals surface area contributed by atoms with E-state index in [0.29, 0.717) is 22.8 Å². The van der Waals surface area contributed by atoms with Gasteiger partial charge in [-0.25, -0.2) is 0 Å². The first-order valence-corrected chi connectivity index (χ1v) is 5.15. The molecule has 0 fully saturated rings. The normalized spacial score (nSPS) is 11.6. The SMILES string of the molecule is CC(CNc1cc(Cl)ccc1C#N)C(N)=O. The number of nitriles is 1. The molecule has 5 heteroatoms. The highest BCUT2D eigenvalue weighted by Gasteiger charge is 2.09. The molecule has 3 N–H and O–H groups in total. The van der Waals surface area contributed by atoms with E-state index in [4.69, 9.17) is 22.6 Å². The molecular formula is C11H12ClN3O. The Bertz CT molecular complexity index is 439. The summed E-state index contributed by atoms with van der Waals surface area (Å²) >= 11 is 5.81. The zero-order chi connectivity index (χ0) is 12.1. The van der Waals surface area contributed by atoms with Crippen molar-refractivity contribution in [2.75, 3.05) is 11.9 Å². The molecule has 1 atom stereocenters. The summed E-state index contributed by atoms with van der Waals surface area (Å²) in [7, 11) is 0. The van der Waals surface area contributed by atoms with Crippen molar-refractivity contribution in [1.29, 1.82) is 5.26 Å². The number of carbonyl (C=O) groups excluding carboxylic acids is 1. The molecular weight excluding hydrogens is 226 g/mol. The van der Waals surface area contributed by atoms with Gasteiger partial charge >= 0.3 is 0 Å². The number of hydrogen-bond donors (Lipinski definition) is 2. The molecule has 0 radical (unpaired) electrons. The van der Waals surface area contributed by atoms with Gasteiger partial charge < -0.3 is 11.1 Å². The molecule has 1 unspecified atom stereocenters. The maximum atomic E-state index is 10.8. The predicted octanol–water partition coefficient (Wildman–Crippen LogP) is 1.74. The molecule has 0 aromatic heterocycles. The molecule has 4 nitrogen and oxygen atoms in total. The number of nitrogens with one attached hydrogen (secondary N) is 1. The summed E-state index contributed by atoms with van der Waals surface area (Å²) < 4.78 is 0. The fourth-order valence-corrected chi connectivity index (χ4v) is 1.30. The monoisotopic (exact) mass is 237 g/mol. The number of rotatable bonds is 4. The van der Waals surface area contributed by atoms with Crippen LogP contribution in [0.2, 0.25) is 5.02 Å². The van der Waals surface area contributed by atoms with Crippen LogP contribution in [0.5, 0.6) is 0 Å². The summed E-state index contributed by atoms with van der Waals surface area (Å²) in [6.07, 6.45) is 0. The van der Waals surface area contributed by atoms with Gasteiger partial charge in [0.15, 0.2) is 0 Å². The Labute approximate surface area is 99.0 Å². The lowest BCUT2D eigenvalue weighted by Gasteiger charge is -2.11. The Morgan fingerprint density at radius 1 is 1.69 bits per heavy atom. The lowest BCUT2D eigenvalue weighted by molar-refractivity contribution is -0.120. The highest BCUT2D eigenvalue weighted by atomic mass is 35.5. The molecule has 0 heterocycles. The van der Waals surface area contributed by atoms with E-state index in [9.17, 15) is 4.79 Å². The van der Waals surface area contributed by atoms with Crippen LogP contribution in [0, 0.1) is 17.2 Å². The fourth-order valence-electron chi connectivity index (χ4n) is 1.12. The van der Waals surface area contributed by atoms with Gasteiger partial charge in [0, 0.05) is 11.6 Å². The summed E-state index contributed by atoms with van der Waals surface area (Å²) in [4.78, 5) is 10.8. The number of nitrogens with two attached hydrogens (primary N) is 1. The van der Waals surface area contributed by atoms with E-state index in [1.165, 1.54) is 0 Å². The average Bonchev–Trinajstić information content (AvgIpc) is 2.25. The van der Waals surface area contributed by atoms with Crippen LogP contribution in [0.15, 0.2) is 18.2 Å². The molecule has 1 rings (SSSR count). The summed E-state index contributed by atoms with van der Waals surface area (Å²) in [5, 5.41) is 12.4. The minimum Gasteiger partial charge on any atom is -0.383 e. The molecule has 0 bridgehead atoms. The highest BCUT2D eigenvalue weighted by Crippen LogP contribution is 2.20. The number of nitrogens with zero attached hydrogens (tertiary/aromatic N) is 1. The van der Waals surface area contributed by atoms with Gasteiger partial charge in [-0.2, -0.15) is 5.26 Å². The van der Waals surface area contributed by atoms with Crippen molar-refractivity contribution in [3.8, 4) is 6.07 Å². The topological polar surface area (TPSA) is 78.9 Å². The first kappa shape index (κ1) is 12.3. The van der Waals surface area contributed by atoms with E-state index in [-0.39, 0.29) is 11.8 Å². The van der Waals surface area contributed by atoms with Gasteiger partial charge in [0.1, 0.15) is 6.07 Å². The van der Waals surface area contributed by atoms with Crippen LogP contribution in [0.25, 0.3) is 0 Å². The van der Waals surface area contributed by atoms with Crippen LogP contribution in [-0.2, 0) is 4.79 Å². The number of hydrogen-bond acceptors (Lipinski definition) is 3. The lowest BCUT2D eigenvalue weighted by Crippen LogP contribution is -2.26. The van der Waals surface area contributed by atoms with Gasteiger partial charge in [-0.1, -0.05) is 18.5 Å². The smallest absolute Gasteiger partial charge is 0.222 e. The Morgan fingerprint density at radius 3 is 2.94 bits per heavy atom. The molecule has 0 saturated heterocycles. The number of primary amides is 1. The van der Waals surface area contributed by atoms with E-state index < -0.39 is 0 Å². The average molecular weight is 238 g/mol. The third kappa shape index (κ3) is 3.14. The van der Waals surface area contributed by atoms with Crippen molar-refractivity contribution in [1.82, 2.24) is 0 Å². The van der Waals surface area contributed by atoms with Gasteiger partial charge in [0.25, 0.3) is 0 Å². The second-order valence-corrected chi connectivity index (χ2v) is 3.92.